The van der Waals surface area contributed by atoms with E-state index in [0.29, 0.717) is 0 Å². The molecule has 0 fully saturated rings. The molecule has 4 nitrogen and oxygen atoms in total. The van der Waals surface area contributed by atoms with E-state index in [2.05, 4.69) is 220 Å². The van der Waals surface area contributed by atoms with Crippen molar-refractivity contribution < 1.29 is 9.47 Å². The predicted molar refractivity (Wildman–Crippen MR) is 260 cm³/mol. The molecule has 0 amide bonds. The number of methoxy groups -OCH3 is 2. The van der Waals surface area contributed by atoms with Crippen LogP contribution >= 0.6 is 0 Å². The van der Waals surface area contributed by atoms with Gasteiger partial charge in [0.2, 0.25) is 0 Å². The molecule has 6 aromatic rings. The van der Waals surface area contributed by atoms with E-state index in [1.165, 1.54) is 27.8 Å². The fourth-order valence-corrected chi connectivity index (χ4v) is 8.45. The molecule has 4 atom stereocenters. The van der Waals surface area contributed by atoms with Crippen LogP contribution in [0.15, 0.2) is 193 Å². The molecule has 0 bridgehead atoms. The van der Waals surface area contributed by atoms with Crippen LogP contribution in [0.25, 0.3) is 23.3 Å². The van der Waals surface area contributed by atoms with E-state index < -0.39 is 0 Å². The summed E-state index contributed by atoms with van der Waals surface area (Å²) in [5, 5.41) is 0. The first-order valence-electron chi connectivity index (χ1n) is 21.4. The third-order valence-corrected chi connectivity index (χ3v) is 11.7. The van der Waals surface area contributed by atoms with E-state index in [0.717, 1.165) is 50.8 Å². The van der Waals surface area contributed by atoms with Crippen molar-refractivity contribution in [3.05, 3.63) is 239 Å². The topological polar surface area (TPSA) is 24.9 Å². The van der Waals surface area contributed by atoms with Crippen molar-refractivity contribution in [1.82, 2.24) is 0 Å². The summed E-state index contributed by atoms with van der Waals surface area (Å²) in [6.07, 6.45) is 21.9. The minimum atomic E-state index is -0.127. The number of nitrogens with zero attached hydrogens (tertiary/aromatic N) is 2. The lowest BCUT2D eigenvalue weighted by Crippen LogP contribution is -2.26. The molecule has 0 saturated carbocycles. The molecule has 0 saturated heterocycles. The van der Waals surface area contributed by atoms with Gasteiger partial charge in [-0.05, 0) is 140 Å². The Morgan fingerprint density at radius 3 is 1.44 bits per heavy atom. The number of allylic oxidation sites excluding steroid dienone is 2. The highest BCUT2D eigenvalue weighted by Crippen LogP contribution is 2.39. The molecule has 6 aromatic carbocycles. The summed E-state index contributed by atoms with van der Waals surface area (Å²) in [4.78, 5) is 4.69. The molecule has 62 heavy (non-hydrogen) atoms. The van der Waals surface area contributed by atoms with Gasteiger partial charge in [-0.2, -0.15) is 0 Å². The Balaban J connectivity index is 1.08. The second kappa shape index (κ2) is 19.2. The Morgan fingerprint density at radius 1 is 0.516 bits per heavy atom. The van der Waals surface area contributed by atoms with Crippen LogP contribution in [0.5, 0.6) is 0 Å². The molecule has 0 radical (unpaired) electrons. The second-order valence-electron chi connectivity index (χ2n) is 16.2. The summed E-state index contributed by atoms with van der Waals surface area (Å²) >= 11 is 0. The predicted octanol–water partition coefficient (Wildman–Crippen LogP) is 14.1. The minimum absolute atomic E-state index is 0.0934. The summed E-state index contributed by atoms with van der Waals surface area (Å²) in [7, 11) is 3.58. The third-order valence-electron chi connectivity index (χ3n) is 11.7. The first-order valence-corrected chi connectivity index (χ1v) is 21.4. The van der Waals surface area contributed by atoms with E-state index >= 15 is 0 Å². The van der Waals surface area contributed by atoms with E-state index in [1.807, 2.05) is 24.3 Å². The molecular weight excluding hydrogens is 757 g/mol. The van der Waals surface area contributed by atoms with Crippen LogP contribution in [0.1, 0.15) is 33.4 Å². The number of rotatable bonds is 13. The molecule has 4 heteroatoms. The number of hydrogen-bond acceptors (Lipinski definition) is 4. The summed E-state index contributed by atoms with van der Waals surface area (Å²) < 4.78 is 12.2. The van der Waals surface area contributed by atoms with E-state index in [1.54, 1.807) is 14.2 Å². The summed E-state index contributed by atoms with van der Waals surface area (Å²) in [5.41, 5.74) is 16.0. The molecule has 0 spiro atoms. The summed E-state index contributed by atoms with van der Waals surface area (Å²) in [5.74, 6) is 0.209. The van der Waals surface area contributed by atoms with Gasteiger partial charge in [0.05, 0.1) is 12.2 Å². The lowest BCUT2D eigenvalue weighted by molar-refractivity contribution is 0.119. The first-order chi connectivity index (χ1) is 30.3. The molecular formula is C58H54N2O2. The van der Waals surface area contributed by atoms with Crippen molar-refractivity contribution in [2.75, 3.05) is 24.0 Å². The van der Waals surface area contributed by atoms with Crippen molar-refractivity contribution in [3.63, 3.8) is 0 Å². The third kappa shape index (κ3) is 9.51. The maximum Gasteiger partial charge on any atom is 0.0872 e. The summed E-state index contributed by atoms with van der Waals surface area (Å²) in [6, 6.07) is 53.4. The number of aryl methyl sites for hydroxylation is 4. The van der Waals surface area contributed by atoms with Crippen LogP contribution < -0.4 is 9.80 Å². The molecule has 308 valence electrons. The maximum atomic E-state index is 6.09. The Labute approximate surface area is 368 Å². The van der Waals surface area contributed by atoms with Crippen LogP contribution in [0.3, 0.4) is 0 Å². The van der Waals surface area contributed by atoms with Gasteiger partial charge in [-0.25, -0.2) is 0 Å². The first kappa shape index (κ1) is 41.8. The maximum absolute atomic E-state index is 6.09. The highest BCUT2D eigenvalue weighted by atomic mass is 16.5. The largest absolute Gasteiger partial charge is 0.376 e. The zero-order chi connectivity index (χ0) is 43.0. The van der Waals surface area contributed by atoms with E-state index in [9.17, 15) is 0 Å². The molecule has 4 unspecified atom stereocenters. The van der Waals surface area contributed by atoms with Crippen molar-refractivity contribution in [2.45, 2.75) is 39.9 Å². The van der Waals surface area contributed by atoms with Gasteiger partial charge in [-0.3, -0.25) is 0 Å². The number of hydrogen-bond donors (Lipinski definition) is 0. The molecule has 0 aromatic heterocycles. The van der Waals surface area contributed by atoms with Crippen LogP contribution in [0, 0.1) is 51.7 Å². The van der Waals surface area contributed by atoms with Gasteiger partial charge in [0.1, 0.15) is 0 Å². The highest BCUT2D eigenvalue weighted by Gasteiger charge is 2.26. The Bertz CT molecular complexity index is 2460. The van der Waals surface area contributed by atoms with Gasteiger partial charge in [0, 0.05) is 60.2 Å². The Kier molecular flexibility index (Phi) is 13.0. The van der Waals surface area contributed by atoms with E-state index in [-0.39, 0.29) is 24.0 Å². The van der Waals surface area contributed by atoms with Gasteiger partial charge < -0.3 is 19.3 Å². The van der Waals surface area contributed by atoms with Crippen LogP contribution in [0.2, 0.25) is 0 Å². The van der Waals surface area contributed by atoms with Crippen LogP contribution in [-0.4, -0.2) is 26.4 Å². The number of anilines is 4. The fourth-order valence-electron chi connectivity index (χ4n) is 8.45. The van der Waals surface area contributed by atoms with Crippen molar-refractivity contribution >= 4 is 34.9 Å². The van der Waals surface area contributed by atoms with Crippen LogP contribution in [0.4, 0.5) is 22.7 Å². The zero-order valence-electron chi connectivity index (χ0n) is 36.5. The van der Waals surface area contributed by atoms with Crippen molar-refractivity contribution in [3.8, 4) is 11.1 Å². The van der Waals surface area contributed by atoms with Gasteiger partial charge in [0.25, 0.3) is 0 Å². The van der Waals surface area contributed by atoms with Gasteiger partial charge in [-0.15, -0.1) is 0 Å². The molecule has 0 heterocycles. The minimum Gasteiger partial charge on any atom is -0.376 e. The lowest BCUT2D eigenvalue weighted by Gasteiger charge is -2.32. The van der Waals surface area contributed by atoms with Crippen molar-refractivity contribution in [2.24, 2.45) is 11.8 Å². The van der Waals surface area contributed by atoms with Gasteiger partial charge >= 0.3 is 0 Å². The average molecular weight is 811 g/mol. The SMILES string of the molecule is COC1C=C(N(c2ccc(-c3ccc(N(C4=CC(OC)C(/C=C/c5ccccc5)C=C4)c4ccc(C)cc4C)cc3)cc2)c2ccc(C)cc2C)C=CC1/C=C/c1cc#ccc1. The highest BCUT2D eigenvalue weighted by molar-refractivity contribution is 5.78. The molecule has 8 rings (SSSR count). The van der Waals surface area contributed by atoms with Gasteiger partial charge in [0.15, 0.2) is 0 Å². The lowest BCUT2D eigenvalue weighted by atomic mass is 9.93. The zero-order valence-corrected chi connectivity index (χ0v) is 36.5. The van der Waals surface area contributed by atoms with E-state index in [4.69, 9.17) is 9.47 Å². The Morgan fingerprint density at radius 2 is 1.00 bits per heavy atom. The molecule has 0 aliphatic heterocycles. The Hall–Kier alpha value is -6.90. The number of ether oxygens (including phenoxy) is 2. The normalized spacial score (nSPS) is 18.4. The van der Waals surface area contributed by atoms with Crippen molar-refractivity contribution in [1.29, 1.82) is 0 Å². The molecule has 2 aliphatic carbocycles. The average Bonchev–Trinajstić information content (AvgIpc) is 3.30. The second-order valence-corrected chi connectivity index (χ2v) is 16.2. The quantitative estimate of drug-likeness (QED) is 0.116. The molecule has 0 N–H and O–H groups in total. The standard InChI is InChI=1S/C58H54N2O2/c1-41-17-35-55(43(3)37-41)59(53-33-27-49(57(39-53)61-5)21-19-45-13-9-7-10-14-45)51-29-23-47(24-30-51)48-25-31-52(32-26-48)60(56-36-18-42(2)38-44(56)4)54-34-28-50(58(40-54)62-6)22-20-46-15-11-8-12-16-46/h7,9-11,13-40,49-50,57-58H,1-6H3/b21-19+,22-20+. The monoisotopic (exact) mass is 810 g/mol. The summed E-state index contributed by atoms with van der Waals surface area (Å²) in [6.45, 7) is 8.66. The number of benzene rings is 5. The van der Waals surface area contributed by atoms with Gasteiger partial charge in [-0.1, -0.05) is 139 Å². The van der Waals surface area contributed by atoms with Crippen LogP contribution in [-0.2, 0) is 9.47 Å². The smallest absolute Gasteiger partial charge is 0.0872 e. The fraction of sp³-hybridized carbons (Fsp3) is 0.172. The molecule has 2 aliphatic rings.